The molecule has 2 fully saturated rings. The molecule has 3 atom stereocenters. The van der Waals surface area contributed by atoms with Gasteiger partial charge in [0.2, 0.25) is 11.9 Å². The molecule has 1 saturated carbocycles. The lowest BCUT2D eigenvalue weighted by Crippen LogP contribution is -2.45. The van der Waals surface area contributed by atoms with E-state index in [9.17, 15) is 18.0 Å². The zero-order chi connectivity index (χ0) is 27.6. The van der Waals surface area contributed by atoms with E-state index in [1.807, 2.05) is 11.0 Å². The molecule has 3 aromatic rings. The summed E-state index contributed by atoms with van der Waals surface area (Å²) in [4.78, 5) is 26.0. The Labute approximate surface area is 225 Å². The van der Waals surface area contributed by atoms with E-state index in [0.717, 1.165) is 69.4 Å². The van der Waals surface area contributed by atoms with E-state index in [0.29, 0.717) is 35.7 Å². The molecular weight excluding hydrogens is 509 g/mol. The Morgan fingerprint density at radius 2 is 1.92 bits per heavy atom. The zero-order valence-corrected chi connectivity index (χ0v) is 21.9. The lowest BCUT2D eigenvalue weighted by molar-refractivity contribution is -0.138. The normalized spacial score (nSPS) is 23.9. The van der Waals surface area contributed by atoms with Crippen molar-refractivity contribution in [3.8, 4) is 11.3 Å². The molecule has 208 valence electrons. The number of piperidine rings is 1. The molecule has 2 aromatic heterocycles. The second kappa shape index (κ2) is 10.9. The van der Waals surface area contributed by atoms with Crippen LogP contribution in [0.15, 0.2) is 47.3 Å². The predicted molar refractivity (Wildman–Crippen MR) is 141 cm³/mol. The van der Waals surface area contributed by atoms with Crippen molar-refractivity contribution in [1.29, 1.82) is 0 Å². The highest BCUT2D eigenvalue weighted by molar-refractivity contribution is 5.93. The van der Waals surface area contributed by atoms with Gasteiger partial charge in [0.05, 0.1) is 11.8 Å². The van der Waals surface area contributed by atoms with Crippen LogP contribution in [0.25, 0.3) is 11.3 Å². The summed E-state index contributed by atoms with van der Waals surface area (Å²) in [6.45, 7) is 3.67. The van der Waals surface area contributed by atoms with Gasteiger partial charge in [0.1, 0.15) is 0 Å². The molecular formula is C28H33F3N6O2. The van der Waals surface area contributed by atoms with Crippen LogP contribution in [0.4, 0.5) is 25.1 Å². The number of nitrogens with two attached hydrogens (primary N) is 1. The number of oxazole rings is 1. The van der Waals surface area contributed by atoms with Gasteiger partial charge in [-0.25, -0.2) is 15.0 Å². The Kier molecular flexibility index (Phi) is 7.51. The lowest BCUT2D eigenvalue weighted by Gasteiger charge is -2.44. The monoisotopic (exact) mass is 542 g/mol. The summed E-state index contributed by atoms with van der Waals surface area (Å²) in [6, 6.07) is 7.58. The molecule has 8 nitrogen and oxygen atoms in total. The third-order valence-electron chi connectivity index (χ3n) is 7.94. The molecule has 0 bridgehead atoms. The predicted octanol–water partition coefficient (Wildman–Crippen LogP) is 5.92. The molecule has 1 aliphatic heterocycles. The first-order valence-corrected chi connectivity index (χ1v) is 13.4. The molecule has 1 saturated heterocycles. The first kappa shape index (κ1) is 27.0. The van der Waals surface area contributed by atoms with Gasteiger partial charge in [-0.2, -0.15) is 13.2 Å². The minimum absolute atomic E-state index is 0.0246. The number of nitrogens with zero attached hydrogens (tertiary/aromatic N) is 4. The number of carbonyl (C=O) groups is 1. The minimum Gasteiger partial charge on any atom is -0.424 e. The Morgan fingerprint density at radius 3 is 2.67 bits per heavy atom. The van der Waals surface area contributed by atoms with E-state index >= 15 is 0 Å². The molecule has 0 radical (unpaired) electrons. The molecule has 11 heteroatoms. The van der Waals surface area contributed by atoms with Gasteiger partial charge in [0, 0.05) is 42.7 Å². The standard InChI is InChI=1S/C28H33F3N6O2/c1-27(10-5-11-37(17-27)25-33-14-21(15-34-25)28(29,30)31)13-20-6-2-3-9-22(20)36-26-35-16-23(39-26)18-7-4-8-19(12-18)24(32)38/h4,7-8,12,14-16,20,22H,2-3,5-6,9-11,13,17H2,1H3,(H2,32,38)(H,35,36)/t20-,22+,27+/m0/s1. The lowest BCUT2D eigenvalue weighted by atomic mass is 9.70. The van der Waals surface area contributed by atoms with Crippen molar-refractivity contribution in [2.75, 3.05) is 23.3 Å². The number of hydrogen-bond donors (Lipinski definition) is 2. The van der Waals surface area contributed by atoms with Crippen LogP contribution in [0.5, 0.6) is 0 Å². The first-order valence-electron chi connectivity index (χ1n) is 13.4. The van der Waals surface area contributed by atoms with Gasteiger partial charge in [-0.1, -0.05) is 31.9 Å². The maximum Gasteiger partial charge on any atom is 0.419 e. The van der Waals surface area contributed by atoms with Gasteiger partial charge in [-0.15, -0.1) is 0 Å². The minimum atomic E-state index is -4.45. The number of carbonyl (C=O) groups excluding carboxylic acids is 1. The van der Waals surface area contributed by atoms with E-state index in [2.05, 4.69) is 27.2 Å². The number of alkyl halides is 3. The summed E-state index contributed by atoms with van der Waals surface area (Å²) in [7, 11) is 0. The number of hydrogen-bond acceptors (Lipinski definition) is 7. The Balaban J connectivity index is 1.25. The molecule has 3 heterocycles. The maximum absolute atomic E-state index is 12.9. The number of halogens is 3. The summed E-state index contributed by atoms with van der Waals surface area (Å²) in [5.41, 5.74) is 5.68. The Bertz CT molecular complexity index is 1290. The van der Waals surface area contributed by atoms with Gasteiger partial charge in [0.25, 0.3) is 6.01 Å². The van der Waals surface area contributed by atoms with Crippen molar-refractivity contribution in [1.82, 2.24) is 15.0 Å². The molecule has 3 N–H and O–H groups in total. The van der Waals surface area contributed by atoms with Crippen molar-refractivity contribution < 1.29 is 22.4 Å². The van der Waals surface area contributed by atoms with Crippen LogP contribution in [0, 0.1) is 11.3 Å². The van der Waals surface area contributed by atoms with Crippen LogP contribution in [0.2, 0.25) is 0 Å². The van der Waals surface area contributed by atoms with Crippen LogP contribution >= 0.6 is 0 Å². The van der Waals surface area contributed by atoms with Crippen molar-refractivity contribution in [2.24, 2.45) is 17.1 Å². The zero-order valence-electron chi connectivity index (χ0n) is 21.9. The summed E-state index contributed by atoms with van der Waals surface area (Å²) in [6.07, 6.45) is 6.21. The van der Waals surface area contributed by atoms with E-state index in [-0.39, 0.29) is 11.5 Å². The average molecular weight is 543 g/mol. The summed E-state index contributed by atoms with van der Waals surface area (Å²) in [5.74, 6) is 0.796. The molecule has 5 rings (SSSR count). The highest BCUT2D eigenvalue weighted by Gasteiger charge is 2.38. The van der Waals surface area contributed by atoms with E-state index < -0.39 is 17.6 Å². The van der Waals surface area contributed by atoms with Gasteiger partial charge >= 0.3 is 6.18 Å². The fourth-order valence-corrected chi connectivity index (χ4v) is 6.02. The first-order chi connectivity index (χ1) is 18.6. The molecule has 0 spiro atoms. The number of rotatable bonds is 7. The van der Waals surface area contributed by atoms with Gasteiger partial charge < -0.3 is 20.4 Å². The molecule has 39 heavy (non-hydrogen) atoms. The van der Waals surface area contributed by atoms with Crippen molar-refractivity contribution in [3.63, 3.8) is 0 Å². The van der Waals surface area contributed by atoms with Crippen molar-refractivity contribution >= 4 is 17.9 Å². The summed E-state index contributed by atoms with van der Waals surface area (Å²) >= 11 is 0. The number of amides is 1. The fourth-order valence-electron chi connectivity index (χ4n) is 6.02. The SMILES string of the molecule is C[C@]1(C[C@@H]2CCCC[C@H]2Nc2ncc(-c3cccc(C(N)=O)c3)o2)CCCN(c2ncc(C(F)(F)F)cn2)C1. The second-order valence-corrected chi connectivity index (χ2v) is 11.1. The second-order valence-electron chi connectivity index (χ2n) is 11.1. The summed E-state index contributed by atoms with van der Waals surface area (Å²) < 4.78 is 44.8. The van der Waals surface area contributed by atoms with Crippen molar-refractivity contribution in [2.45, 2.75) is 64.1 Å². The van der Waals surface area contributed by atoms with Crippen LogP contribution in [-0.4, -0.2) is 40.0 Å². The van der Waals surface area contributed by atoms with E-state index in [1.54, 1.807) is 24.4 Å². The Hall–Kier alpha value is -3.63. The number of nitrogens with one attached hydrogen (secondary N) is 1. The van der Waals surface area contributed by atoms with Crippen molar-refractivity contribution in [3.05, 3.63) is 54.0 Å². The van der Waals surface area contributed by atoms with E-state index in [1.165, 1.54) is 0 Å². The summed E-state index contributed by atoms with van der Waals surface area (Å²) in [5, 5.41) is 3.51. The van der Waals surface area contributed by atoms with Crippen LogP contribution in [0.1, 0.15) is 67.8 Å². The molecule has 2 aliphatic rings. The highest BCUT2D eigenvalue weighted by Crippen LogP contribution is 2.42. The van der Waals surface area contributed by atoms with Gasteiger partial charge in [0.15, 0.2) is 5.76 Å². The molecule has 1 aliphatic carbocycles. The van der Waals surface area contributed by atoms with Gasteiger partial charge in [-0.05, 0) is 55.6 Å². The number of aromatic nitrogens is 3. The Morgan fingerprint density at radius 1 is 1.15 bits per heavy atom. The van der Waals surface area contributed by atoms with Crippen LogP contribution < -0.4 is 16.0 Å². The topological polar surface area (TPSA) is 110 Å². The number of anilines is 2. The van der Waals surface area contributed by atoms with Crippen LogP contribution in [-0.2, 0) is 6.18 Å². The fraction of sp³-hybridized carbons (Fsp3) is 0.500. The number of primary amides is 1. The molecule has 0 unspecified atom stereocenters. The quantitative estimate of drug-likeness (QED) is 0.382. The van der Waals surface area contributed by atoms with E-state index in [4.69, 9.17) is 10.2 Å². The smallest absolute Gasteiger partial charge is 0.419 e. The highest BCUT2D eigenvalue weighted by atomic mass is 19.4. The third kappa shape index (κ3) is 6.34. The average Bonchev–Trinajstić information content (AvgIpc) is 3.38. The van der Waals surface area contributed by atoms with Gasteiger partial charge in [-0.3, -0.25) is 4.79 Å². The maximum atomic E-state index is 12.9. The molecule has 1 aromatic carbocycles. The molecule has 1 amide bonds. The third-order valence-corrected chi connectivity index (χ3v) is 7.94. The number of benzene rings is 1. The largest absolute Gasteiger partial charge is 0.424 e. The van der Waals surface area contributed by atoms with Crippen LogP contribution in [0.3, 0.4) is 0 Å².